The van der Waals surface area contributed by atoms with Gasteiger partial charge >= 0.3 is 0 Å². The van der Waals surface area contributed by atoms with Gasteiger partial charge < -0.3 is 5.73 Å². The highest BCUT2D eigenvalue weighted by Gasteiger charge is 2.29. The van der Waals surface area contributed by atoms with Gasteiger partial charge in [0.2, 0.25) is 0 Å². The van der Waals surface area contributed by atoms with Gasteiger partial charge in [0.05, 0.1) is 11.5 Å². The molecule has 1 heterocycles. The van der Waals surface area contributed by atoms with Crippen LogP contribution in [-0.4, -0.2) is 25.5 Å². The highest BCUT2D eigenvalue weighted by atomic mass is 32.2. The van der Waals surface area contributed by atoms with Crippen LogP contribution in [0.4, 0.5) is 0 Å². The summed E-state index contributed by atoms with van der Waals surface area (Å²) in [6.07, 6.45) is 1.21. The molecule has 0 amide bonds. The molecule has 0 spiro atoms. The molecule has 0 aromatic rings. The molecule has 1 aliphatic rings. The van der Waals surface area contributed by atoms with Crippen molar-refractivity contribution in [3.63, 3.8) is 0 Å². The zero-order valence-corrected chi connectivity index (χ0v) is 6.95. The van der Waals surface area contributed by atoms with Crippen molar-refractivity contribution in [1.82, 2.24) is 0 Å². The monoisotopic (exact) mass is 163 g/mol. The van der Waals surface area contributed by atoms with E-state index in [9.17, 15) is 8.42 Å². The molecule has 0 saturated carbocycles. The Morgan fingerprint density at radius 1 is 1.30 bits per heavy atom. The maximum absolute atomic E-state index is 10.9. The highest BCUT2D eigenvalue weighted by Crippen LogP contribution is 2.19. The summed E-state index contributed by atoms with van der Waals surface area (Å²) < 4.78 is 21.8. The van der Waals surface area contributed by atoms with Crippen molar-refractivity contribution in [2.75, 3.05) is 11.5 Å². The van der Waals surface area contributed by atoms with Crippen LogP contribution in [0.25, 0.3) is 0 Å². The molecule has 4 heteroatoms. The predicted molar refractivity (Wildman–Crippen MR) is 40.5 cm³/mol. The first-order valence-corrected chi connectivity index (χ1v) is 5.23. The first-order valence-electron chi connectivity index (χ1n) is 3.41. The minimum absolute atomic E-state index is 0.245. The summed E-state index contributed by atoms with van der Waals surface area (Å²) in [5, 5.41) is 0. The molecule has 60 valence electrons. The summed E-state index contributed by atoms with van der Waals surface area (Å²) in [7, 11) is -2.73. The van der Waals surface area contributed by atoms with Crippen LogP contribution >= 0.6 is 0 Å². The van der Waals surface area contributed by atoms with Crippen LogP contribution in [0.3, 0.4) is 0 Å². The molecule has 1 rings (SSSR count). The average Bonchev–Trinajstić information content (AvgIpc) is 1.79. The van der Waals surface area contributed by atoms with Crippen molar-refractivity contribution in [3.05, 3.63) is 0 Å². The molecule has 1 fully saturated rings. The smallest absolute Gasteiger partial charge is 0.150 e. The molecule has 0 aliphatic carbocycles. The van der Waals surface area contributed by atoms with Crippen LogP contribution in [0.1, 0.15) is 19.8 Å². The number of rotatable bonds is 0. The van der Waals surface area contributed by atoms with E-state index in [2.05, 4.69) is 0 Å². The summed E-state index contributed by atoms with van der Waals surface area (Å²) in [6, 6.07) is 0. The third kappa shape index (κ3) is 1.95. The van der Waals surface area contributed by atoms with Gasteiger partial charge in [-0.25, -0.2) is 8.42 Å². The lowest BCUT2D eigenvalue weighted by molar-refractivity contribution is 0.418. The second-order valence-corrected chi connectivity index (χ2v) is 5.61. The van der Waals surface area contributed by atoms with Crippen molar-refractivity contribution < 1.29 is 8.42 Å². The fourth-order valence-electron chi connectivity index (χ4n) is 1.00. The third-order valence-corrected chi connectivity index (χ3v) is 3.62. The zero-order valence-electron chi connectivity index (χ0n) is 6.13. The maximum Gasteiger partial charge on any atom is 0.150 e. The summed E-state index contributed by atoms with van der Waals surface area (Å²) in [5.74, 6) is 0.528. The lowest BCUT2D eigenvalue weighted by Crippen LogP contribution is -2.44. The van der Waals surface area contributed by atoms with E-state index in [4.69, 9.17) is 5.73 Å². The Morgan fingerprint density at radius 2 is 1.70 bits per heavy atom. The largest absolute Gasteiger partial charge is 0.325 e. The van der Waals surface area contributed by atoms with Crippen LogP contribution in [-0.2, 0) is 9.84 Å². The van der Waals surface area contributed by atoms with Gasteiger partial charge in [-0.3, -0.25) is 0 Å². The van der Waals surface area contributed by atoms with E-state index in [0.29, 0.717) is 12.8 Å². The Morgan fingerprint density at radius 3 is 2.00 bits per heavy atom. The Labute approximate surface area is 61.5 Å². The molecule has 0 unspecified atom stereocenters. The number of nitrogens with two attached hydrogens (primary N) is 1. The minimum atomic E-state index is -2.73. The van der Waals surface area contributed by atoms with Crippen molar-refractivity contribution in [3.8, 4) is 0 Å². The van der Waals surface area contributed by atoms with Gasteiger partial charge in [-0.2, -0.15) is 0 Å². The molecule has 0 bridgehead atoms. The van der Waals surface area contributed by atoms with Crippen molar-refractivity contribution in [2.24, 2.45) is 5.73 Å². The zero-order chi connectivity index (χ0) is 7.83. The van der Waals surface area contributed by atoms with E-state index < -0.39 is 9.84 Å². The SMILES string of the molecule is CC1(N)CCS(=O)(=O)CC1. The van der Waals surface area contributed by atoms with Crippen LogP contribution in [0.5, 0.6) is 0 Å². The fraction of sp³-hybridized carbons (Fsp3) is 1.00. The molecule has 3 nitrogen and oxygen atoms in total. The second kappa shape index (κ2) is 2.20. The van der Waals surface area contributed by atoms with Crippen LogP contribution in [0.15, 0.2) is 0 Å². The first kappa shape index (κ1) is 8.01. The van der Waals surface area contributed by atoms with E-state index in [-0.39, 0.29) is 17.0 Å². The molecule has 2 N–H and O–H groups in total. The molecule has 1 saturated heterocycles. The maximum atomic E-state index is 10.9. The highest BCUT2D eigenvalue weighted by molar-refractivity contribution is 7.91. The first-order chi connectivity index (χ1) is 4.41. The molecular formula is C6H13NO2S. The molecule has 0 aromatic carbocycles. The Hall–Kier alpha value is -0.0900. The number of sulfone groups is 1. The average molecular weight is 163 g/mol. The lowest BCUT2D eigenvalue weighted by atomic mass is 9.97. The third-order valence-electron chi connectivity index (χ3n) is 1.97. The van der Waals surface area contributed by atoms with Crippen LogP contribution in [0.2, 0.25) is 0 Å². The molecule has 0 aromatic heterocycles. The molecule has 0 radical (unpaired) electrons. The van der Waals surface area contributed by atoms with Gasteiger partial charge in [0.25, 0.3) is 0 Å². The van der Waals surface area contributed by atoms with Gasteiger partial charge in [-0.05, 0) is 19.8 Å². The Kier molecular flexibility index (Phi) is 1.76. The van der Waals surface area contributed by atoms with Gasteiger partial charge in [0.15, 0.2) is 0 Å². The Bertz CT molecular complexity index is 202. The van der Waals surface area contributed by atoms with Crippen molar-refractivity contribution in [1.29, 1.82) is 0 Å². The van der Waals surface area contributed by atoms with Gasteiger partial charge in [0.1, 0.15) is 9.84 Å². The van der Waals surface area contributed by atoms with Crippen molar-refractivity contribution in [2.45, 2.75) is 25.3 Å². The normalized spacial score (nSPS) is 29.8. The molecule has 0 atom stereocenters. The number of hydrogen-bond acceptors (Lipinski definition) is 3. The summed E-state index contributed by atoms with van der Waals surface area (Å²) in [5.41, 5.74) is 5.49. The van der Waals surface area contributed by atoms with Crippen molar-refractivity contribution >= 4 is 9.84 Å². The minimum Gasteiger partial charge on any atom is -0.325 e. The van der Waals surface area contributed by atoms with Gasteiger partial charge in [0, 0.05) is 5.54 Å². The van der Waals surface area contributed by atoms with Crippen LogP contribution < -0.4 is 5.73 Å². The topological polar surface area (TPSA) is 60.2 Å². The summed E-state index contributed by atoms with van der Waals surface area (Å²) >= 11 is 0. The molecule has 10 heavy (non-hydrogen) atoms. The lowest BCUT2D eigenvalue weighted by Gasteiger charge is -2.28. The van der Waals surface area contributed by atoms with E-state index in [1.165, 1.54) is 0 Å². The molecular weight excluding hydrogens is 150 g/mol. The summed E-state index contributed by atoms with van der Waals surface area (Å²) in [4.78, 5) is 0. The van der Waals surface area contributed by atoms with E-state index >= 15 is 0 Å². The quantitative estimate of drug-likeness (QED) is 0.543. The van der Waals surface area contributed by atoms with E-state index in [1.54, 1.807) is 0 Å². The summed E-state index contributed by atoms with van der Waals surface area (Å²) in [6.45, 7) is 1.90. The van der Waals surface area contributed by atoms with Crippen LogP contribution in [0, 0.1) is 0 Å². The van der Waals surface area contributed by atoms with Gasteiger partial charge in [-0.1, -0.05) is 0 Å². The number of hydrogen-bond donors (Lipinski definition) is 1. The second-order valence-electron chi connectivity index (χ2n) is 3.31. The predicted octanol–water partition coefficient (Wildman–Crippen LogP) is -0.0876. The van der Waals surface area contributed by atoms with Gasteiger partial charge in [-0.15, -0.1) is 0 Å². The fourth-order valence-corrected chi connectivity index (χ4v) is 2.76. The standard InChI is InChI=1S/C6H13NO2S/c1-6(7)2-4-10(8,9)5-3-6/h2-5,7H2,1H3. The molecule has 1 aliphatic heterocycles. The van der Waals surface area contributed by atoms with E-state index in [1.807, 2.05) is 6.92 Å². The Balaban J connectivity index is 2.63. The van der Waals surface area contributed by atoms with E-state index in [0.717, 1.165) is 0 Å².